The molecule has 0 fully saturated rings. The molecular weight excluding hydrogens is 580 g/mol. The number of hydrogen-bond acceptors (Lipinski definition) is 7. The molecule has 5 aromatic rings. The molecule has 1 N–H and O–H groups in total. The lowest BCUT2D eigenvalue weighted by atomic mass is 9.83. The minimum absolute atomic E-state index is 0.119. The van der Waals surface area contributed by atoms with Crippen molar-refractivity contribution in [1.29, 1.82) is 0 Å². The van der Waals surface area contributed by atoms with E-state index < -0.39 is 0 Å². The number of pyridine rings is 1. The summed E-state index contributed by atoms with van der Waals surface area (Å²) in [7, 11) is 7.28. The fourth-order valence-corrected chi connectivity index (χ4v) is 5.63. The largest absolute Gasteiger partial charge is 0.468 e. The van der Waals surface area contributed by atoms with Gasteiger partial charge < -0.3 is 33.7 Å². The van der Waals surface area contributed by atoms with Crippen molar-refractivity contribution in [3.63, 3.8) is 0 Å². The first-order chi connectivity index (χ1) is 22.5. The number of rotatable bonds is 16. The van der Waals surface area contributed by atoms with Gasteiger partial charge in [0.15, 0.2) is 13.6 Å². The maximum atomic E-state index is 14.4. The van der Waals surface area contributed by atoms with Crippen LogP contribution in [-0.4, -0.2) is 75.3 Å². The Bertz CT molecular complexity index is 1630. The molecule has 5 rings (SSSR count). The number of methoxy groups -OCH3 is 2. The average Bonchev–Trinajstić information content (AvgIpc) is 3.41. The summed E-state index contributed by atoms with van der Waals surface area (Å²) in [6.45, 7) is 2.21. The summed E-state index contributed by atoms with van der Waals surface area (Å²) in [5, 5.41) is 4.25. The monoisotopic (exact) mass is 622 g/mol. The molecule has 0 aliphatic rings. The summed E-state index contributed by atoms with van der Waals surface area (Å²) in [4.78, 5) is 20.9. The molecular formula is C37H42N4O5. The smallest absolute Gasteiger partial charge is 0.268 e. The van der Waals surface area contributed by atoms with E-state index in [2.05, 4.69) is 56.2 Å². The number of aromatic nitrogens is 2. The summed E-state index contributed by atoms with van der Waals surface area (Å²) in [5.74, 6) is 1.02. The quantitative estimate of drug-likeness (QED) is 0.141. The molecule has 0 aliphatic heterocycles. The zero-order valence-electron chi connectivity index (χ0n) is 26.9. The van der Waals surface area contributed by atoms with Crippen LogP contribution in [0.25, 0.3) is 10.9 Å². The Kier molecular flexibility index (Phi) is 11.4. The molecule has 0 aliphatic carbocycles. The van der Waals surface area contributed by atoms with Crippen molar-refractivity contribution >= 4 is 16.8 Å². The molecule has 0 unspecified atom stereocenters. The van der Waals surface area contributed by atoms with Gasteiger partial charge in [0.05, 0.1) is 0 Å². The first-order valence-electron chi connectivity index (χ1n) is 15.4. The van der Waals surface area contributed by atoms with E-state index in [9.17, 15) is 4.79 Å². The second-order valence-corrected chi connectivity index (χ2v) is 11.2. The maximum absolute atomic E-state index is 14.4. The maximum Gasteiger partial charge on any atom is 0.268 e. The van der Waals surface area contributed by atoms with Crippen molar-refractivity contribution in [3.05, 3.63) is 125 Å². The summed E-state index contributed by atoms with van der Waals surface area (Å²) in [5.41, 5.74) is 5.58. The summed E-state index contributed by atoms with van der Waals surface area (Å²) in [6.07, 6.45) is 2.41. The molecule has 0 spiro atoms. The van der Waals surface area contributed by atoms with E-state index >= 15 is 0 Å². The van der Waals surface area contributed by atoms with Gasteiger partial charge in [-0.3, -0.25) is 9.78 Å². The van der Waals surface area contributed by atoms with Gasteiger partial charge in [0, 0.05) is 74.5 Å². The normalized spacial score (nSPS) is 11.3. The van der Waals surface area contributed by atoms with Gasteiger partial charge in [0.25, 0.3) is 5.91 Å². The van der Waals surface area contributed by atoms with E-state index in [1.165, 1.54) is 0 Å². The number of hydrogen-bond donors (Lipinski definition) is 1. The number of likely N-dealkylation sites (N-methyl/N-ethyl adjacent to an activating group) is 1. The van der Waals surface area contributed by atoms with E-state index in [-0.39, 0.29) is 25.4 Å². The molecule has 3 aromatic carbocycles. The van der Waals surface area contributed by atoms with E-state index in [1.807, 2.05) is 68.7 Å². The third-order valence-corrected chi connectivity index (χ3v) is 7.79. The molecule has 2 aromatic heterocycles. The molecule has 9 nitrogen and oxygen atoms in total. The third-order valence-electron chi connectivity index (χ3n) is 7.79. The standard InChI is InChI=1S/C37H42N4O5/c1-40(2)23-24-41-33-11-6-5-10-32(33)35(36(41)37(42)39-22-20-29-9-7-8-21-38-29)34(27-12-16-30(17-13-27)45-25-43-3)28-14-18-31(19-15-28)46-26-44-4/h5-19,21,34H,20,22-26H2,1-4H3,(H,39,42). The zero-order valence-corrected chi connectivity index (χ0v) is 26.9. The number of nitrogens with zero attached hydrogens (tertiary/aromatic N) is 3. The number of ether oxygens (including phenoxy) is 4. The van der Waals surface area contributed by atoms with E-state index in [1.54, 1.807) is 20.4 Å². The van der Waals surface area contributed by atoms with Crippen LogP contribution in [0.2, 0.25) is 0 Å². The molecule has 1 amide bonds. The average molecular weight is 623 g/mol. The van der Waals surface area contributed by atoms with Crippen molar-refractivity contribution in [2.45, 2.75) is 18.9 Å². The summed E-state index contributed by atoms with van der Waals surface area (Å²) >= 11 is 0. The lowest BCUT2D eigenvalue weighted by Crippen LogP contribution is -2.30. The highest BCUT2D eigenvalue weighted by atomic mass is 16.7. The number of para-hydroxylation sites is 1. The predicted molar refractivity (Wildman–Crippen MR) is 180 cm³/mol. The highest BCUT2D eigenvalue weighted by molar-refractivity contribution is 6.03. The Morgan fingerprint density at radius 1 is 0.826 bits per heavy atom. The Morgan fingerprint density at radius 3 is 2.00 bits per heavy atom. The molecule has 240 valence electrons. The SMILES string of the molecule is COCOc1ccc(C(c2ccc(OCOC)cc2)c2c(C(=O)NCCc3ccccn3)n(CCN(C)C)c3ccccc23)cc1. The van der Waals surface area contributed by atoms with Gasteiger partial charge in [-0.1, -0.05) is 48.5 Å². The van der Waals surface area contributed by atoms with E-state index in [0.717, 1.165) is 39.8 Å². The predicted octanol–water partition coefficient (Wildman–Crippen LogP) is 5.72. The number of carbonyl (C=O) groups is 1. The Hall–Kier alpha value is -4.70. The van der Waals surface area contributed by atoms with Crippen LogP contribution in [0.3, 0.4) is 0 Å². The Labute approximate surface area is 270 Å². The van der Waals surface area contributed by atoms with Crippen molar-refractivity contribution in [3.8, 4) is 11.5 Å². The fraction of sp³-hybridized carbons (Fsp3) is 0.297. The summed E-state index contributed by atoms with van der Waals surface area (Å²) in [6, 6.07) is 30.1. The molecule has 0 saturated heterocycles. The second kappa shape index (κ2) is 16.0. The van der Waals surface area contributed by atoms with Gasteiger partial charge in [-0.05, 0) is 67.7 Å². The summed E-state index contributed by atoms with van der Waals surface area (Å²) < 4.78 is 23.8. The van der Waals surface area contributed by atoms with Crippen LogP contribution in [0.5, 0.6) is 11.5 Å². The van der Waals surface area contributed by atoms with Gasteiger partial charge in [-0.15, -0.1) is 0 Å². The van der Waals surface area contributed by atoms with Gasteiger partial charge in [0.2, 0.25) is 0 Å². The minimum Gasteiger partial charge on any atom is -0.468 e. The lowest BCUT2D eigenvalue weighted by molar-refractivity contribution is 0.0509. The number of amides is 1. The van der Waals surface area contributed by atoms with Gasteiger partial charge >= 0.3 is 0 Å². The molecule has 0 bridgehead atoms. The Morgan fingerprint density at radius 2 is 1.43 bits per heavy atom. The number of benzene rings is 3. The first-order valence-corrected chi connectivity index (χ1v) is 15.4. The van der Waals surface area contributed by atoms with Crippen molar-refractivity contribution < 1.29 is 23.7 Å². The van der Waals surface area contributed by atoms with Crippen molar-refractivity contribution in [2.75, 3.05) is 55.0 Å². The third kappa shape index (κ3) is 7.92. The first kappa shape index (κ1) is 32.7. The van der Waals surface area contributed by atoms with E-state index in [0.29, 0.717) is 36.7 Å². The van der Waals surface area contributed by atoms with Crippen LogP contribution < -0.4 is 14.8 Å². The number of fused-ring (bicyclic) bond motifs is 1. The number of nitrogens with one attached hydrogen (secondary N) is 1. The lowest BCUT2D eigenvalue weighted by Gasteiger charge is -2.22. The minimum atomic E-state index is -0.269. The molecule has 0 radical (unpaired) electrons. The molecule has 2 heterocycles. The van der Waals surface area contributed by atoms with Crippen LogP contribution in [0.4, 0.5) is 0 Å². The molecule has 9 heteroatoms. The van der Waals surface area contributed by atoms with Crippen LogP contribution in [-0.2, 0) is 22.4 Å². The zero-order chi connectivity index (χ0) is 32.3. The fourth-order valence-electron chi connectivity index (χ4n) is 5.63. The van der Waals surface area contributed by atoms with Crippen LogP contribution in [0.15, 0.2) is 97.2 Å². The topological polar surface area (TPSA) is 87.1 Å². The van der Waals surface area contributed by atoms with Crippen LogP contribution >= 0.6 is 0 Å². The van der Waals surface area contributed by atoms with E-state index in [4.69, 9.17) is 18.9 Å². The second-order valence-electron chi connectivity index (χ2n) is 11.2. The molecule has 0 saturated carbocycles. The van der Waals surface area contributed by atoms with Crippen LogP contribution in [0, 0.1) is 0 Å². The highest BCUT2D eigenvalue weighted by Gasteiger charge is 2.30. The highest BCUT2D eigenvalue weighted by Crippen LogP contribution is 2.41. The van der Waals surface area contributed by atoms with Gasteiger partial charge in [-0.25, -0.2) is 0 Å². The Balaban J connectivity index is 1.64. The van der Waals surface area contributed by atoms with Gasteiger partial charge in [-0.2, -0.15) is 0 Å². The van der Waals surface area contributed by atoms with Crippen molar-refractivity contribution in [2.24, 2.45) is 0 Å². The van der Waals surface area contributed by atoms with Crippen molar-refractivity contribution in [1.82, 2.24) is 19.8 Å². The molecule has 46 heavy (non-hydrogen) atoms. The number of carbonyl (C=O) groups excluding carboxylic acids is 1. The van der Waals surface area contributed by atoms with Crippen LogP contribution in [0.1, 0.15) is 38.8 Å². The van der Waals surface area contributed by atoms with Gasteiger partial charge in [0.1, 0.15) is 17.2 Å². The molecule has 0 atom stereocenters.